The van der Waals surface area contributed by atoms with Gasteiger partial charge in [0.1, 0.15) is 5.70 Å². The second-order valence-corrected chi connectivity index (χ2v) is 8.94. The van der Waals surface area contributed by atoms with Crippen LogP contribution in [0.4, 0.5) is 5.69 Å². The van der Waals surface area contributed by atoms with Gasteiger partial charge in [-0.2, -0.15) is 0 Å². The average Bonchev–Trinajstić information content (AvgIpc) is 3.07. The second-order valence-electron chi connectivity index (χ2n) is 8.94. The number of hydrogen-bond acceptors (Lipinski definition) is 4. The third kappa shape index (κ3) is 4.38. The van der Waals surface area contributed by atoms with Crippen LogP contribution in [-0.4, -0.2) is 34.8 Å². The number of aryl methyl sites for hydroxylation is 4. The van der Waals surface area contributed by atoms with Gasteiger partial charge in [0.25, 0.3) is 11.8 Å². The monoisotopic (exact) mass is 453 g/mol. The molecule has 2 aromatic carbocycles. The summed E-state index contributed by atoms with van der Waals surface area (Å²) in [5.41, 5.74) is 7.81. The largest absolute Gasteiger partial charge is 0.366 e. The number of carbonyl (C=O) groups excluding carboxylic acids is 2. The highest BCUT2D eigenvalue weighted by atomic mass is 16.2. The highest BCUT2D eigenvalue weighted by Gasteiger charge is 2.42. The lowest BCUT2D eigenvalue weighted by atomic mass is 9.97. The Morgan fingerprint density at radius 1 is 0.824 bits per heavy atom. The van der Waals surface area contributed by atoms with E-state index < -0.39 is 0 Å². The van der Waals surface area contributed by atoms with Crippen molar-refractivity contribution in [2.75, 3.05) is 18.0 Å². The lowest BCUT2D eigenvalue weighted by Crippen LogP contribution is -2.36. The molecule has 0 spiro atoms. The van der Waals surface area contributed by atoms with Gasteiger partial charge in [-0.25, -0.2) is 4.90 Å². The van der Waals surface area contributed by atoms with Crippen molar-refractivity contribution < 1.29 is 9.59 Å². The van der Waals surface area contributed by atoms with Crippen LogP contribution in [0.15, 0.2) is 66.6 Å². The summed E-state index contributed by atoms with van der Waals surface area (Å²) in [4.78, 5) is 35.2. The quantitative estimate of drug-likeness (QED) is 0.464. The zero-order valence-electron chi connectivity index (χ0n) is 20.6. The fraction of sp³-hybridized carbons (Fsp3) is 0.276. The Morgan fingerprint density at radius 3 is 2.21 bits per heavy atom. The molecule has 2 amide bonds. The number of rotatable bonds is 7. The van der Waals surface area contributed by atoms with Crippen LogP contribution in [-0.2, 0) is 16.0 Å². The summed E-state index contributed by atoms with van der Waals surface area (Å²) in [6, 6.07) is 15.7. The smallest absolute Gasteiger partial charge is 0.282 e. The molecule has 0 aliphatic carbocycles. The van der Waals surface area contributed by atoms with Crippen molar-refractivity contribution in [3.05, 3.63) is 100 Å². The van der Waals surface area contributed by atoms with Crippen LogP contribution in [0.1, 0.15) is 40.3 Å². The summed E-state index contributed by atoms with van der Waals surface area (Å²) in [5, 5.41) is 0. The first kappa shape index (κ1) is 23.4. The normalized spacial score (nSPS) is 13.7. The molecule has 5 heteroatoms. The second kappa shape index (κ2) is 9.64. The van der Waals surface area contributed by atoms with Gasteiger partial charge < -0.3 is 4.90 Å². The van der Waals surface area contributed by atoms with Crippen molar-refractivity contribution in [2.24, 2.45) is 0 Å². The Kier molecular flexibility index (Phi) is 6.64. The van der Waals surface area contributed by atoms with Crippen LogP contribution in [0.5, 0.6) is 0 Å². The summed E-state index contributed by atoms with van der Waals surface area (Å²) < 4.78 is 0. The summed E-state index contributed by atoms with van der Waals surface area (Å²) in [6.45, 7) is 11.3. The molecule has 0 fully saturated rings. The molecule has 5 nitrogen and oxygen atoms in total. The van der Waals surface area contributed by atoms with Crippen molar-refractivity contribution in [3.63, 3.8) is 0 Å². The summed E-state index contributed by atoms with van der Waals surface area (Å²) in [6.07, 6.45) is 4.31. The zero-order valence-corrected chi connectivity index (χ0v) is 20.6. The fourth-order valence-electron chi connectivity index (χ4n) is 4.49. The molecule has 0 saturated carbocycles. The van der Waals surface area contributed by atoms with Gasteiger partial charge in [0, 0.05) is 25.5 Å². The Hall–Kier alpha value is -3.73. The Bertz CT molecular complexity index is 1280. The van der Waals surface area contributed by atoms with Gasteiger partial charge in [-0.15, -0.1) is 0 Å². The Labute approximate surface area is 201 Å². The first-order chi connectivity index (χ1) is 16.3. The maximum Gasteiger partial charge on any atom is 0.282 e. The minimum atomic E-state index is -0.266. The van der Waals surface area contributed by atoms with Gasteiger partial charge in [-0.3, -0.25) is 14.6 Å². The lowest BCUT2D eigenvalue weighted by molar-refractivity contribution is -0.120. The van der Waals surface area contributed by atoms with E-state index in [0.29, 0.717) is 30.0 Å². The van der Waals surface area contributed by atoms with E-state index in [4.69, 9.17) is 0 Å². The molecule has 1 aromatic heterocycles. The molecule has 0 saturated heterocycles. The third-order valence-electron chi connectivity index (χ3n) is 6.58. The number of imide groups is 1. The van der Waals surface area contributed by atoms with E-state index in [0.717, 1.165) is 39.8 Å². The van der Waals surface area contributed by atoms with E-state index in [1.165, 1.54) is 4.90 Å². The number of amides is 2. The molecule has 0 radical (unpaired) electrons. The lowest BCUT2D eigenvalue weighted by Gasteiger charge is -2.25. The zero-order chi connectivity index (χ0) is 24.4. The molecule has 34 heavy (non-hydrogen) atoms. The maximum atomic E-state index is 13.9. The predicted molar refractivity (Wildman–Crippen MR) is 136 cm³/mol. The summed E-state index contributed by atoms with van der Waals surface area (Å²) >= 11 is 0. The van der Waals surface area contributed by atoms with E-state index in [9.17, 15) is 9.59 Å². The molecule has 3 aromatic rings. The van der Waals surface area contributed by atoms with Gasteiger partial charge in [0.05, 0.1) is 11.3 Å². The van der Waals surface area contributed by atoms with Crippen molar-refractivity contribution in [1.82, 2.24) is 9.88 Å². The number of carbonyl (C=O) groups is 2. The van der Waals surface area contributed by atoms with Gasteiger partial charge >= 0.3 is 0 Å². The molecule has 0 atom stereocenters. The van der Waals surface area contributed by atoms with E-state index >= 15 is 0 Å². The molecular formula is C29H31N3O2. The molecule has 0 N–H and O–H groups in total. The first-order valence-corrected chi connectivity index (χ1v) is 11.7. The number of pyridine rings is 1. The molecule has 0 bridgehead atoms. The van der Waals surface area contributed by atoms with Crippen LogP contribution < -0.4 is 4.90 Å². The van der Waals surface area contributed by atoms with Crippen LogP contribution in [0.3, 0.4) is 0 Å². The van der Waals surface area contributed by atoms with Crippen molar-refractivity contribution in [2.45, 2.75) is 41.0 Å². The number of anilines is 1. The van der Waals surface area contributed by atoms with Gasteiger partial charge in [-0.05, 0) is 93.1 Å². The summed E-state index contributed by atoms with van der Waals surface area (Å²) in [5.74, 6) is -0.530. The SMILES string of the molecule is CCN(CCc1ccncc1)C1=C(c2ccc(C)cc2C)C(=O)N(c2ccc(C)c(C)c2)C1=O. The molecule has 1 aliphatic rings. The number of likely N-dealkylation sites (N-methyl/N-ethyl adjacent to an activating group) is 1. The molecule has 4 rings (SSSR count). The first-order valence-electron chi connectivity index (χ1n) is 11.7. The Morgan fingerprint density at radius 2 is 1.56 bits per heavy atom. The van der Waals surface area contributed by atoms with Crippen molar-refractivity contribution in [1.29, 1.82) is 0 Å². The van der Waals surface area contributed by atoms with E-state index in [1.54, 1.807) is 12.4 Å². The minimum absolute atomic E-state index is 0.264. The minimum Gasteiger partial charge on any atom is -0.366 e. The van der Waals surface area contributed by atoms with Crippen LogP contribution in [0.25, 0.3) is 5.57 Å². The molecule has 174 valence electrons. The maximum absolute atomic E-state index is 13.9. The number of hydrogen-bond donors (Lipinski definition) is 0. The van der Waals surface area contributed by atoms with E-state index in [1.807, 2.05) is 82.0 Å². The number of benzene rings is 2. The van der Waals surface area contributed by atoms with Gasteiger partial charge in [0.2, 0.25) is 0 Å². The highest BCUT2D eigenvalue weighted by Crippen LogP contribution is 2.36. The number of nitrogens with zero attached hydrogens (tertiary/aromatic N) is 3. The highest BCUT2D eigenvalue weighted by molar-refractivity contribution is 6.45. The average molecular weight is 454 g/mol. The number of aromatic nitrogens is 1. The summed E-state index contributed by atoms with van der Waals surface area (Å²) in [7, 11) is 0. The Balaban J connectivity index is 1.81. The molecule has 2 heterocycles. The van der Waals surface area contributed by atoms with E-state index in [2.05, 4.69) is 11.1 Å². The third-order valence-corrected chi connectivity index (χ3v) is 6.58. The molecule has 0 unspecified atom stereocenters. The van der Waals surface area contributed by atoms with Crippen molar-refractivity contribution in [3.8, 4) is 0 Å². The predicted octanol–water partition coefficient (Wildman–Crippen LogP) is 5.16. The van der Waals surface area contributed by atoms with E-state index in [-0.39, 0.29) is 11.8 Å². The van der Waals surface area contributed by atoms with Gasteiger partial charge in [0.15, 0.2) is 0 Å². The van der Waals surface area contributed by atoms with Crippen LogP contribution >= 0.6 is 0 Å². The van der Waals surface area contributed by atoms with Gasteiger partial charge in [-0.1, -0.05) is 29.8 Å². The van der Waals surface area contributed by atoms with Crippen LogP contribution in [0.2, 0.25) is 0 Å². The standard InChI is InChI=1S/C29H31N3O2/c1-6-31(16-13-23-11-14-30-15-12-23)27-26(25-10-7-19(2)17-22(25)5)28(33)32(29(27)34)24-9-8-20(3)21(4)18-24/h7-12,14-15,17-18H,6,13,16H2,1-5H3. The van der Waals surface area contributed by atoms with Crippen LogP contribution in [0, 0.1) is 27.7 Å². The topological polar surface area (TPSA) is 53.5 Å². The van der Waals surface area contributed by atoms with Crippen molar-refractivity contribution >= 4 is 23.1 Å². The molecular weight excluding hydrogens is 422 g/mol. The fourth-order valence-corrected chi connectivity index (χ4v) is 4.49. The molecule has 1 aliphatic heterocycles.